The first-order chi connectivity index (χ1) is 12.1. The van der Waals surface area contributed by atoms with Crippen LogP contribution in [-0.2, 0) is 19.2 Å². The number of hydroxylamine groups is 2. The van der Waals surface area contributed by atoms with Gasteiger partial charge in [0.1, 0.15) is 5.03 Å². The van der Waals surface area contributed by atoms with Crippen LogP contribution in [0.15, 0.2) is 41.6 Å². The van der Waals surface area contributed by atoms with E-state index in [1.807, 2.05) is 18.2 Å². The van der Waals surface area contributed by atoms with Crippen LogP contribution in [0, 0.1) is 0 Å². The smallest absolute Gasteiger partial charge is 0.330 e. The van der Waals surface area contributed by atoms with Crippen LogP contribution in [-0.4, -0.2) is 33.1 Å². The average Bonchev–Trinajstić information content (AvgIpc) is 2.92. The molecule has 0 radical (unpaired) electrons. The Kier molecular flexibility index (Phi) is 8.00. The lowest BCUT2D eigenvalue weighted by molar-refractivity contribution is -0.196. The van der Waals surface area contributed by atoms with Gasteiger partial charge in [-0.2, -0.15) is 0 Å². The van der Waals surface area contributed by atoms with E-state index in [-0.39, 0.29) is 6.42 Å². The van der Waals surface area contributed by atoms with Crippen molar-refractivity contribution in [1.29, 1.82) is 0 Å². The third-order valence-electron chi connectivity index (χ3n) is 3.39. The molecule has 1 aliphatic rings. The molecule has 0 aromatic carbocycles. The van der Waals surface area contributed by atoms with E-state index in [0.29, 0.717) is 16.7 Å². The first kappa shape index (κ1) is 19.5. The summed E-state index contributed by atoms with van der Waals surface area (Å²) in [7, 11) is 3.46. The van der Waals surface area contributed by atoms with Gasteiger partial charge < -0.3 is 4.84 Å². The highest BCUT2D eigenvalue weighted by Crippen LogP contribution is 2.34. The Morgan fingerprint density at radius 1 is 1.20 bits per heavy atom. The molecule has 2 amide bonds. The molecule has 134 valence electrons. The number of nitrogens with zero attached hydrogens (tertiary/aromatic N) is 2. The molecular weight excluding hydrogens is 360 g/mol. The quantitative estimate of drug-likeness (QED) is 0.349. The third kappa shape index (κ3) is 6.91. The zero-order valence-corrected chi connectivity index (χ0v) is 15.6. The maximum Gasteiger partial charge on any atom is 0.333 e. The Hall–Kier alpha value is -1.80. The fourth-order valence-corrected chi connectivity index (χ4v) is 4.21. The standard InChI is InChI=1S/C17H20N2O4S2/c1-13(24-25-14-8-5-6-12-18-14)7-3-2-4-9-17(22)23-19-15(20)10-11-16(19)21/h5-6,8,10-13H,2-4,7,9H2,1H3. The average molecular weight is 380 g/mol. The number of pyridine rings is 1. The number of carbonyl (C=O) groups is 3. The molecule has 0 bridgehead atoms. The summed E-state index contributed by atoms with van der Waals surface area (Å²) in [6, 6.07) is 5.86. The normalized spacial score (nSPS) is 14.8. The van der Waals surface area contributed by atoms with Crippen molar-refractivity contribution in [3.05, 3.63) is 36.5 Å². The summed E-state index contributed by atoms with van der Waals surface area (Å²) >= 11 is 0. The van der Waals surface area contributed by atoms with E-state index >= 15 is 0 Å². The van der Waals surface area contributed by atoms with Crippen LogP contribution in [0.2, 0.25) is 0 Å². The van der Waals surface area contributed by atoms with Crippen molar-refractivity contribution < 1.29 is 19.2 Å². The molecule has 25 heavy (non-hydrogen) atoms. The van der Waals surface area contributed by atoms with Gasteiger partial charge in [-0.1, -0.05) is 41.7 Å². The van der Waals surface area contributed by atoms with Crippen molar-refractivity contribution in [3.63, 3.8) is 0 Å². The summed E-state index contributed by atoms with van der Waals surface area (Å²) < 4.78 is 0. The molecule has 0 N–H and O–H groups in total. The van der Waals surface area contributed by atoms with E-state index in [0.717, 1.165) is 36.4 Å². The largest absolute Gasteiger partial charge is 0.333 e. The summed E-state index contributed by atoms with van der Waals surface area (Å²) in [5.74, 6) is -1.79. The predicted molar refractivity (Wildman–Crippen MR) is 97.3 cm³/mol. The van der Waals surface area contributed by atoms with Crippen molar-refractivity contribution in [2.75, 3.05) is 0 Å². The number of unbranched alkanes of at least 4 members (excludes halogenated alkanes) is 2. The first-order valence-corrected chi connectivity index (χ1v) is 10.3. The van der Waals surface area contributed by atoms with Gasteiger partial charge in [0.2, 0.25) is 0 Å². The maximum absolute atomic E-state index is 11.6. The van der Waals surface area contributed by atoms with Crippen molar-refractivity contribution >= 4 is 39.4 Å². The molecule has 1 atom stereocenters. The fraction of sp³-hybridized carbons (Fsp3) is 0.412. The molecule has 2 heterocycles. The molecule has 0 aliphatic carbocycles. The maximum atomic E-state index is 11.6. The monoisotopic (exact) mass is 380 g/mol. The molecule has 0 saturated heterocycles. The van der Waals surface area contributed by atoms with Gasteiger partial charge in [-0.05, 0) is 35.8 Å². The van der Waals surface area contributed by atoms with E-state index < -0.39 is 17.8 Å². The molecule has 2 rings (SSSR count). The highest BCUT2D eigenvalue weighted by Gasteiger charge is 2.27. The Bertz CT molecular complexity index is 619. The van der Waals surface area contributed by atoms with Gasteiger partial charge >= 0.3 is 5.97 Å². The van der Waals surface area contributed by atoms with Gasteiger partial charge in [-0.3, -0.25) is 9.59 Å². The summed E-state index contributed by atoms with van der Waals surface area (Å²) in [5.41, 5.74) is 0. The number of amides is 2. The number of carbonyl (C=O) groups excluding carboxylic acids is 3. The summed E-state index contributed by atoms with van der Waals surface area (Å²) in [4.78, 5) is 43.2. The molecule has 1 aliphatic heterocycles. The fourth-order valence-electron chi connectivity index (χ4n) is 2.08. The molecule has 0 spiro atoms. The lowest BCUT2D eigenvalue weighted by atomic mass is 10.1. The second-order valence-electron chi connectivity index (χ2n) is 5.52. The van der Waals surface area contributed by atoms with E-state index in [9.17, 15) is 14.4 Å². The molecule has 1 unspecified atom stereocenters. The van der Waals surface area contributed by atoms with Gasteiger partial charge in [0.15, 0.2) is 0 Å². The van der Waals surface area contributed by atoms with Crippen molar-refractivity contribution in [3.8, 4) is 0 Å². The lowest BCUT2D eigenvalue weighted by Crippen LogP contribution is -2.32. The van der Waals surface area contributed by atoms with Crippen molar-refractivity contribution in [1.82, 2.24) is 10.0 Å². The number of hydrogen-bond acceptors (Lipinski definition) is 7. The van der Waals surface area contributed by atoms with E-state index in [1.54, 1.807) is 27.8 Å². The molecular formula is C17H20N2O4S2. The highest BCUT2D eigenvalue weighted by molar-refractivity contribution is 8.76. The zero-order chi connectivity index (χ0) is 18.1. The molecule has 8 heteroatoms. The third-order valence-corrected chi connectivity index (χ3v) is 6.25. The van der Waals surface area contributed by atoms with E-state index in [4.69, 9.17) is 4.84 Å². The number of hydrogen-bond donors (Lipinski definition) is 0. The summed E-state index contributed by atoms with van der Waals surface area (Å²) in [5, 5.41) is 1.99. The summed E-state index contributed by atoms with van der Waals surface area (Å²) in [6.45, 7) is 2.17. The minimum absolute atomic E-state index is 0.196. The van der Waals surface area contributed by atoms with Crippen LogP contribution in [0.4, 0.5) is 0 Å². The molecule has 0 saturated carbocycles. The van der Waals surface area contributed by atoms with E-state index in [2.05, 4.69) is 11.9 Å². The highest BCUT2D eigenvalue weighted by atomic mass is 33.1. The van der Waals surface area contributed by atoms with Crippen LogP contribution < -0.4 is 0 Å². The Morgan fingerprint density at radius 3 is 2.64 bits per heavy atom. The van der Waals surface area contributed by atoms with Gasteiger partial charge in [0.05, 0.1) is 0 Å². The van der Waals surface area contributed by atoms with Crippen molar-refractivity contribution in [2.24, 2.45) is 0 Å². The van der Waals surface area contributed by atoms with Crippen LogP contribution in [0.1, 0.15) is 39.0 Å². The molecule has 6 nitrogen and oxygen atoms in total. The second kappa shape index (κ2) is 10.2. The van der Waals surface area contributed by atoms with Crippen LogP contribution in [0.25, 0.3) is 0 Å². The topological polar surface area (TPSA) is 76.6 Å². The van der Waals surface area contributed by atoms with Crippen LogP contribution in [0.3, 0.4) is 0 Å². The van der Waals surface area contributed by atoms with Crippen molar-refractivity contribution in [2.45, 2.75) is 49.3 Å². The number of rotatable bonds is 10. The van der Waals surface area contributed by atoms with Gasteiger partial charge in [-0.15, -0.1) is 0 Å². The van der Waals surface area contributed by atoms with Gasteiger partial charge in [0.25, 0.3) is 11.8 Å². The SMILES string of the molecule is CC(CCCCCC(=O)ON1C(=O)C=CC1=O)SSc1ccccn1. The van der Waals surface area contributed by atoms with Crippen LogP contribution >= 0.6 is 21.6 Å². The second-order valence-corrected chi connectivity index (χ2v) is 8.18. The van der Waals surface area contributed by atoms with Crippen LogP contribution in [0.5, 0.6) is 0 Å². The van der Waals surface area contributed by atoms with E-state index in [1.165, 1.54) is 0 Å². The van der Waals surface area contributed by atoms with Gasteiger partial charge in [-0.25, -0.2) is 9.78 Å². The molecule has 0 fully saturated rings. The Labute approximate surface area is 154 Å². The minimum atomic E-state index is -0.616. The number of aromatic nitrogens is 1. The minimum Gasteiger partial charge on any atom is -0.330 e. The molecule has 1 aromatic rings. The zero-order valence-electron chi connectivity index (χ0n) is 13.9. The molecule has 1 aromatic heterocycles. The lowest BCUT2D eigenvalue weighted by Gasteiger charge is -2.12. The first-order valence-electron chi connectivity index (χ1n) is 8.07. The number of imide groups is 1. The predicted octanol–water partition coefficient (Wildman–Crippen LogP) is 3.54. The Morgan fingerprint density at radius 2 is 1.96 bits per heavy atom. The van der Waals surface area contributed by atoms with Gasteiger partial charge in [0, 0.05) is 30.0 Å². The summed E-state index contributed by atoms with van der Waals surface area (Å²) in [6.07, 6.45) is 7.77. The Balaban J connectivity index is 1.52.